The highest BCUT2D eigenvalue weighted by Gasteiger charge is 2.42. The molecule has 1 amide bonds. The molecule has 17 heavy (non-hydrogen) atoms. The molecule has 1 rings (SSSR count). The van der Waals surface area contributed by atoms with E-state index in [0.29, 0.717) is 19.5 Å². The summed E-state index contributed by atoms with van der Waals surface area (Å²) in [6.45, 7) is 3.08. The van der Waals surface area contributed by atoms with Gasteiger partial charge >= 0.3 is 6.18 Å². The van der Waals surface area contributed by atoms with Crippen molar-refractivity contribution >= 4 is 5.91 Å². The Hall–Kier alpha value is -0.780. The van der Waals surface area contributed by atoms with Crippen LogP contribution in [0.1, 0.15) is 26.2 Å². The summed E-state index contributed by atoms with van der Waals surface area (Å²) in [6, 6.07) is 0. The summed E-state index contributed by atoms with van der Waals surface area (Å²) in [5, 5.41) is 2.91. The van der Waals surface area contributed by atoms with Gasteiger partial charge in [-0.3, -0.25) is 4.79 Å². The molecule has 1 N–H and O–H groups in total. The Kier molecular flexibility index (Phi) is 5.24. The molecule has 1 atom stereocenters. The van der Waals surface area contributed by atoms with Crippen LogP contribution < -0.4 is 5.32 Å². The zero-order valence-electron chi connectivity index (χ0n) is 10.0. The molecule has 0 radical (unpaired) electrons. The maximum absolute atomic E-state index is 12.5. The van der Waals surface area contributed by atoms with Crippen LogP contribution in [-0.2, 0) is 4.79 Å². The number of amides is 1. The lowest BCUT2D eigenvalue weighted by Gasteiger charge is -2.33. The lowest BCUT2D eigenvalue weighted by atomic mass is 9.97. The van der Waals surface area contributed by atoms with Crippen LogP contribution in [0.5, 0.6) is 0 Å². The third kappa shape index (κ3) is 4.53. The summed E-state index contributed by atoms with van der Waals surface area (Å²) >= 11 is 0. The Labute approximate surface area is 99.4 Å². The number of piperidine rings is 1. The van der Waals surface area contributed by atoms with Crippen molar-refractivity contribution in [1.29, 1.82) is 0 Å². The second kappa shape index (κ2) is 6.23. The smallest absolute Gasteiger partial charge is 0.341 e. The molecule has 0 aromatic heterocycles. The van der Waals surface area contributed by atoms with Gasteiger partial charge in [-0.25, -0.2) is 0 Å². The fraction of sp³-hybridized carbons (Fsp3) is 0.909. The van der Waals surface area contributed by atoms with Gasteiger partial charge in [0.2, 0.25) is 5.91 Å². The van der Waals surface area contributed by atoms with Crippen LogP contribution in [0.25, 0.3) is 0 Å². The van der Waals surface area contributed by atoms with Gasteiger partial charge in [0.25, 0.3) is 0 Å². The molecule has 6 heteroatoms. The molecule has 0 spiro atoms. The van der Waals surface area contributed by atoms with Gasteiger partial charge in [-0.15, -0.1) is 0 Å². The van der Waals surface area contributed by atoms with Crippen molar-refractivity contribution in [3.05, 3.63) is 0 Å². The van der Waals surface area contributed by atoms with E-state index in [1.807, 2.05) is 6.92 Å². The lowest BCUT2D eigenvalue weighted by Crippen LogP contribution is -2.47. The molecule has 0 aromatic carbocycles. The van der Waals surface area contributed by atoms with E-state index in [2.05, 4.69) is 5.32 Å². The topological polar surface area (TPSA) is 32.3 Å². The summed E-state index contributed by atoms with van der Waals surface area (Å²) < 4.78 is 37.6. The first-order valence-corrected chi connectivity index (χ1v) is 6.00. The molecule has 1 fully saturated rings. The molecular weight excluding hydrogens is 233 g/mol. The van der Waals surface area contributed by atoms with Crippen molar-refractivity contribution in [3.63, 3.8) is 0 Å². The van der Waals surface area contributed by atoms with Gasteiger partial charge in [0.15, 0.2) is 0 Å². The first-order valence-electron chi connectivity index (χ1n) is 6.00. The second-order valence-electron chi connectivity index (χ2n) is 4.40. The average molecular weight is 252 g/mol. The highest BCUT2D eigenvalue weighted by molar-refractivity contribution is 5.78. The van der Waals surface area contributed by atoms with Crippen molar-refractivity contribution in [3.8, 4) is 0 Å². The normalized spacial score (nSPS) is 21.6. The molecule has 100 valence electrons. The summed E-state index contributed by atoms with van der Waals surface area (Å²) in [7, 11) is 0. The summed E-state index contributed by atoms with van der Waals surface area (Å²) in [4.78, 5) is 13.0. The van der Waals surface area contributed by atoms with E-state index in [0.717, 1.165) is 6.42 Å². The average Bonchev–Trinajstić information content (AvgIpc) is 2.28. The number of likely N-dealkylation sites (tertiary alicyclic amines) is 1. The third-order valence-corrected chi connectivity index (χ3v) is 2.94. The Bertz CT molecular complexity index is 256. The van der Waals surface area contributed by atoms with E-state index in [1.54, 1.807) is 0 Å². The van der Waals surface area contributed by atoms with Gasteiger partial charge in [0, 0.05) is 13.1 Å². The summed E-state index contributed by atoms with van der Waals surface area (Å²) in [5.74, 6) is -1.58. The zero-order chi connectivity index (χ0) is 12.9. The minimum atomic E-state index is -4.18. The largest absolute Gasteiger partial charge is 0.393 e. The number of nitrogens with one attached hydrogen (secondary N) is 1. The first kappa shape index (κ1) is 14.3. The first-order chi connectivity index (χ1) is 7.95. The number of carbonyl (C=O) groups is 1. The third-order valence-electron chi connectivity index (χ3n) is 2.94. The van der Waals surface area contributed by atoms with Crippen LogP contribution >= 0.6 is 0 Å². The Morgan fingerprint density at radius 1 is 1.47 bits per heavy atom. The van der Waals surface area contributed by atoms with Crippen molar-refractivity contribution in [1.82, 2.24) is 10.2 Å². The highest BCUT2D eigenvalue weighted by atomic mass is 19.4. The van der Waals surface area contributed by atoms with Crippen LogP contribution in [0, 0.1) is 5.92 Å². The Balaban J connectivity index is 2.41. The van der Waals surface area contributed by atoms with E-state index in [4.69, 9.17) is 0 Å². The number of alkyl halides is 3. The van der Waals surface area contributed by atoms with Crippen molar-refractivity contribution in [2.45, 2.75) is 32.4 Å². The van der Waals surface area contributed by atoms with Gasteiger partial charge in [0.1, 0.15) is 0 Å². The van der Waals surface area contributed by atoms with Gasteiger partial charge in [-0.05, 0) is 25.8 Å². The molecule has 0 bridgehead atoms. The molecule has 1 saturated heterocycles. The van der Waals surface area contributed by atoms with E-state index in [-0.39, 0.29) is 25.4 Å². The van der Waals surface area contributed by atoms with Crippen molar-refractivity contribution < 1.29 is 18.0 Å². The molecule has 3 nitrogen and oxygen atoms in total. The Morgan fingerprint density at radius 2 is 2.18 bits per heavy atom. The van der Waals surface area contributed by atoms with E-state index < -0.39 is 12.1 Å². The molecule has 0 aliphatic carbocycles. The molecular formula is C11H19F3N2O. The van der Waals surface area contributed by atoms with Crippen molar-refractivity contribution in [2.75, 3.05) is 26.2 Å². The Morgan fingerprint density at radius 3 is 2.76 bits per heavy atom. The summed E-state index contributed by atoms with van der Waals surface area (Å²) in [6.07, 6.45) is -2.71. The molecule has 0 saturated carbocycles. The minimum absolute atomic E-state index is 0.135. The number of hydrogen-bond acceptors (Lipinski definition) is 2. The van der Waals surface area contributed by atoms with Crippen LogP contribution in [0.2, 0.25) is 0 Å². The van der Waals surface area contributed by atoms with E-state index >= 15 is 0 Å². The summed E-state index contributed by atoms with van der Waals surface area (Å²) in [5.41, 5.74) is 0. The number of nitrogens with zero attached hydrogens (tertiary/aromatic N) is 1. The van der Waals surface area contributed by atoms with Crippen LogP contribution in [0.4, 0.5) is 13.2 Å². The van der Waals surface area contributed by atoms with Gasteiger partial charge < -0.3 is 10.2 Å². The van der Waals surface area contributed by atoms with Crippen LogP contribution in [-0.4, -0.2) is 43.2 Å². The number of carbonyl (C=O) groups excluding carboxylic acids is 1. The fourth-order valence-electron chi connectivity index (χ4n) is 1.95. The standard InChI is InChI=1S/C11H19F3N2O/c1-2-5-15-7-10(17)16-6-3-4-9(8-16)11(12,13)14/h9,15H,2-8H2,1H3. The monoisotopic (exact) mass is 252 g/mol. The van der Waals surface area contributed by atoms with Gasteiger partial charge in [0.05, 0.1) is 12.5 Å². The molecule has 1 unspecified atom stereocenters. The quantitative estimate of drug-likeness (QED) is 0.774. The maximum Gasteiger partial charge on any atom is 0.393 e. The maximum atomic E-state index is 12.5. The molecule has 1 aliphatic rings. The van der Waals surface area contributed by atoms with Gasteiger partial charge in [-0.2, -0.15) is 13.2 Å². The van der Waals surface area contributed by atoms with E-state index in [9.17, 15) is 18.0 Å². The second-order valence-corrected chi connectivity index (χ2v) is 4.40. The highest BCUT2D eigenvalue weighted by Crippen LogP contribution is 2.32. The van der Waals surface area contributed by atoms with Crippen LogP contribution in [0.3, 0.4) is 0 Å². The molecule has 1 aliphatic heterocycles. The lowest BCUT2D eigenvalue weighted by molar-refractivity contribution is -0.187. The molecule has 0 aromatic rings. The number of hydrogen-bond donors (Lipinski definition) is 1. The molecule has 1 heterocycles. The van der Waals surface area contributed by atoms with Crippen molar-refractivity contribution in [2.24, 2.45) is 5.92 Å². The zero-order valence-corrected chi connectivity index (χ0v) is 10.0. The van der Waals surface area contributed by atoms with E-state index in [1.165, 1.54) is 4.90 Å². The minimum Gasteiger partial charge on any atom is -0.341 e. The predicted octanol–water partition coefficient (Wildman–Crippen LogP) is 1.79. The fourth-order valence-corrected chi connectivity index (χ4v) is 1.95. The van der Waals surface area contributed by atoms with Gasteiger partial charge in [-0.1, -0.05) is 6.92 Å². The number of rotatable bonds is 4. The predicted molar refractivity (Wildman–Crippen MR) is 58.5 cm³/mol. The number of halogens is 3. The SMILES string of the molecule is CCCNCC(=O)N1CCCC(C(F)(F)F)C1. The van der Waals surface area contributed by atoms with Crippen LogP contribution in [0.15, 0.2) is 0 Å².